The van der Waals surface area contributed by atoms with Crippen molar-refractivity contribution in [3.05, 3.63) is 58.1 Å². The molecular weight excluding hydrogens is 389 g/mol. The van der Waals surface area contributed by atoms with Crippen LogP contribution in [-0.2, 0) is 11.3 Å². The summed E-state index contributed by atoms with van der Waals surface area (Å²) >= 11 is 12.1. The highest BCUT2D eigenvalue weighted by Crippen LogP contribution is 2.29. The molecule has 0 aliphatic heterocycles. The van der Waals surface area contributed by atoms with Gasteiger partial charge in [-0.15, -0.1) is 0 Å². The molecule has 0 unspecified atom stereocenters. The van der Waals surface area contributed by atoms with Gasteiger partial charge in [-0.2, -0.15) is 0 Å². The second kappa shape index (κ2) is 10.0. The number of anilines is 1. The average Bonchev–Trinajstić information content (AvgIpc) is 2.67. The Balaban J connectivity index is 1.95. The maximum atomic E-state index is 12.4. The third kappa shape index (κ3) is 5.77. The highest BCUT2D eigenvalue weighted by atomic mass is 35.5. The number of benzene rings is 2. The average molecular weight is 410 g/mol. The number of hydrogen-bond donors (Lipinski definition) is 2. The molecule has 2 aromatic carbocycles. The zero-order valence-electron chi connectivity index (χ0n) is 15.1. The first-order valence-electron chi connectivity index (χ1n) is 8.34. The van der Waals surface area contributed by atoms with Crippen LogP contribution in [0.4, 0.5) is 10.5 Å². The summed E-state index contributed by atoms with van der Waals surface area (Å²) in [6, 6.07) is 12.0. The topological polar surface area (TPSA) is 70.7 Å². The summed E-state index contributed by atoms with van der Waals surface area (Å²) in [5, 5.41) is 6.10. The zero-order chi connectivity index (χ0) is 19.8. The van der Waals surface area contributed by atoms with Gasteiger partial charge in [0.05, 0.1) is 22.8 Å². The maximum Gasteiger partial charge on any atom is 0.318 e. The van der Waals surface area contributed by atoms with Crippen LogP contribution in [0.5, 0.6) is 5.75 Å². The minimum atomic E-state index is -0.390. The lowest BCUT2D eigenvalue weighted by molar-refractivity contribution is -0.116. The van der Waals surface area contributed by atoms with Crippen LogP contribution in [0, 0.1) is 0 Å². The van der Waals surface area contributed by atoms with E-state index in [1.165, 1.54) is 4.90 Å². The molecule has 144 valence electrons. The predicted molar refractivity (Wildman–Crippen MR) is 108 cm³/mol. The van der Waals surface area contributed by atoms with Crippen molar-refractivity contribution >= 4 is 40.8 Å². The molecule has 0 fully saturated rings. The molecule has 2 rings (SSSR count). The van der Waals surface area contributed by atoms with E-state index in [4.69, 9.17) is 27.9 Å². The van der Waals surface area contributed by atoms with Crippen molar-refractivity contribution in [1.82, 2.24) is 10.2 Å². The van der Waals surface area contributed by atoms with Gasteiger partial charge in [-0.1, -0.05) is 47.5 Å². The Kier molecular flexibility index (Phi) is 7.76. The van der Waals surface area contributed by atoms with Crippen LogP contribution in [0.25, 0.3) is 0 Å². The largest absolute Gasteiger partial charge is 0.496 e. The van der Waals surface area contributed by atoms with Crippen LogP contribution in [-0.4, -0.2) is 37.0 Å². The highest BCUT2D eigenvalue weighted by Gasteiger charge is 2.17. The summed E-state index contributed by atoms with van der Waals surface area (Å²) in [5.41, 5.74) is 1.17. The van der Waals surface area contributed by atoms with E-state index in [1.807, 2.05) is 24.3 Å². The van der Waals surface area contributed by atoms with Crippen molar-refractivity contribution in [3.8, 4) is 5.75 Å². The molecule has 0 saturated carbocycles. The summed E-state index contributed by atoms with van der Waals surface area (Å²) in [5.74, 6) is 0.297. The van der Waals surface area contributed by atoms with Crippen LogP contribution >= 0.6 is 23.2 Å². The number of nitrogens with one attached hydrogen (secondary N) is 2. The number of halogens is 2. The number of hydrogen-bond acceptors (Lipinski definition) is 3. The van der Waals surface area contributed by atoms with Crippen molar-refractivity contribution in [1.29, 1.82) is 0 Å². The van der Waals surface area contributed by atoms with Crippen molar-refractivity contribution in [2.45, 2.75) is 13.5 Å². The molecule has 2 N–H and O–H groups in total. The second-order valence-electron chi connectivity index (χ2n) is 5.63. The van der Waals surface area contributed by atoms with Gasteiger partial charge in [-0.3, -0.25) is 4.79 Å². The van der Waals surface area contributed by atoms with Crippen molar-refractivity contribution in [3.63, 3.8) is 0 Å². The van der Waals surface area contributed by atoms with E-state index in [-0.39, 0.29) is 25.0 Å². The molecule has 2 aromatic rings. The van der Waals surface area contributed by atoms with E-state index in [0.29, 0.717) is 28.0 Å². The molecule has 0 saturated heterocycles. The Hall–Kier alpha value is -2.44. The SMILES string of the molecule is CCN(CC(=O)Nc1c(Cl)cccc1Cl)C(=O)NCc1ccccc1OC. The van der Waals surface area contributed by atoms with Crippen LogP contribution in [0.1, 0.15) is 12.5 Å². The molecule has 3 amide bonds. The summed E-state index contributed by atoms with van der Waals surface area (Å²) < 4.78 is 5.26. The number of likely N-dealkylation sites (N-methyl/N-ethyl adjacent to an activating group) is 1. The quantitative estimate of drug-likeness (QED) is 0.720. The van der Waals surface area contributed by atoms with Gasteiger partial charge >= 0.3 is 6.03 Å². The first kappa shape index (κ1) is 20.9. The smallest absolute Gasteiger partial charge is 0.318 e. The van der Waals surface area contributed by atoms with Crippen LogP contribution in [0.2, 0.25) is 10.0 Å². The summed E-state index contributed by atoms with van der Waals surface area (Å²) in [6.45, 7) is 2.31. The van der Waals surface area contributed by atoms with E-state index in [2.05, 4.69) is 10.6 Å². The second-order valence-corrected chi connectivity index (χ2v) is 6.44. The number of carbonyl (C=O) groups is 2. The van der Waals surface area contributed by atoms with Crippen LogP contribution in [0.15, 0.2) is 42.5 Å². The fraction of sp³-hybridized carbons (Fsp3) is 0.263. The monoisotopic (exact) mass is 409 g/mol. The van der Waals surface area contributed by atoms with E-state index in [1.54, 1.807) is 32.2 Å². The molecule has 27 heavy (non-hydrogen) atoms. The Morgan fingerprint density at radius 1 is 1.07 bits per heavy atom. The highest BCUT2D eigenvalue weighted by molar-refractivity contribution is 6.39. The fourth-order valence-corrected chi connectivity index (χ4v) is 2.92. The minimum Gasteiger partial charge on any atom is -0.496 e. The normalized spacial score (nSPS) is 10.2. The molecule has 8 heteroatoms. The lowest BCUT2D eigenvalue weighted by atomic mass is 10.2. The van der Waals surface area contributed by atoms with Gasteiger partial charge in [0, 0.05) is 18.7 Å². The van der Waals surface area contributed by atoms with Gasteiger partial charge in [0.25, 0.3) is 0 Å². The van der Waals surface area contributed by atoms with Gasteiger partial charge in [0.2, 0.25) is 5.91 Å². The molecule has 0 heterocycles. The van der Waals surface area contributed by atoms with Gasteiger partial charge in [-0.25, -0.2) is 4.79 Å². The minimum absolute atomic E-state index is 0.129. The van der Waals surface area contributed by atoms with E-state index < -0.39 is 0 Å². The molecule has 0 aromatic heterocycles. The Morgan fingerprint density at radius 2 is 1.74 bits per heavy atom. The summed E-state index contributed by atoms with van der Waals surface area (Å²) in [6.07, 6.45) is 0. The number of para-hydroxylation sites is 2. The third-order valence-corrected chi connectivity index (χ3v) is 4.48. The van der Waals surface area contributed by atoms with Crippen molar-refractivity contribution < 1.29 is 14.3 Å². The molecule has 0 radical (unpaired) electrons. The van der Waals surface area contributed by atoms with Gasteiger partial charge < -0.3 is 20.3 Å². The molecule has 6 nitrogen and oxygen atoms in total. The maximum absolute atomic E-state index is 12.4. The number of ether oxygens (including phenoxy) is 1. The third-order valence-electron chi connectivity index (χ3n) is 3.85. The molecule has 0 aliphatic rings. The lowest BCUT2D eigenvalue weighted by Gasteiger charge is -2.21. The predicted octanol–water partition coefficient (Wildman–Crippen LogP) is 4.17. The van der Waals surface area contributed by atoms with Crippen LogP contribution < -0.4 is 15.4 Å². The number of rotatable bonds is 7. The van der Waals surface area contributed by atoms with Crippen molar-refractivity contribution in [2.75, 3.05) is 25.5 Å². The van der Waals surface area contributed by atoms with Crippen LogP contribution in [0.3, 0.4) is 0 Å². The van der Waals surface area contributed by atoms with E-state index in [0.717, 1.165) is 5.56 Å². The molecule has 0 aliphatic carbocycles. The Morgan fingerprint density at radius 3 is 2.37 bits per heavy atom. The Labute approximate surface area is 168 Å². The number of urea groups is 1. The van der Waals surface area contributed by atoms with Gasteiger partial charge in [0.1, 0.15) is 12.3 Å². The summed E-state index contributed by atoms with van der Waals surface area (Å²) in [7, 11) is 1.57. The molecule has 0 spiro atoms. The first-order valence-corrected chi connectivity index (χ1v) is 9.10. The van der Waals surface area contributed by atoms with Crippen molar-refractivity contribution in [2.24, 2.45) is 0 Å². The number of carbonyl (C=O) groups excluding carboxylic acids is 2. The summed E-state index contributed by atoms with van der Waals surface area (Å²) in [4.78, 5) is 26.1. The number of methoxy groups -OCH3 is 1. The lowest BCUT2D eigenvalue weighted by Crippen LogP contribution is -2.43. The first-order chi connectivity index (χ1) is 13.0. The standard InChI is InChI=1S/C19H21Cl2N3O3/c1-3-24(12-17(25)23-18-14(20)8-6-9-15(18)21)19(26)22-11-13-7-4-5-10-16(13)27-2/h4-10H,3,11-12H2,1-2H3,(H,22,26)(H,23,25). The molecular formula is C19H21Cl2N3O3. The number of amides is 3. The van der Waals surface area contributed by atoms with E-state index >= 15 is 0 Å². The fourth-order valence-electron chi connectivity index (χ4n) is 2.43. The zero-order valence-corrected chi connectivity index (χ0v) is 16.6. The van der Waals surface area contributed by atoms with Gasteiger partial charge in [0.15, 0.2) is 0 Å². The van der Waals surface area contributed by atoms with Gasteiger partial charge in [-0.05, 0) is 25.1 Å². The molecule has 0 bridgehead atoms. The molecule has 0 atom stereocenters. The number of nitrogens with zero attached hydrogens (tertiary/aromatic N) is 1. The Bertz CT molecular complexity index is 794. The van der Waals surface area contributed by atoms with E-state index in [9.17, 15) is 9.59 Å².